The van der Waals surface area contributed by atoms with Crippen LogP contribution in [0.15, 0.2) is 29.3 Å². The van der Waals surface area contributed by atoms with Gasteiger partial charge in [-0.2, -0.15) is 0 Å². The maximum absolute atomic E-state index is 5.74. The molecule has 1 atom stereocenters. The van der Waals surface area contributed by atoms with Gasteiger partial charge < -0.3 is 11.1 Å². The molecular weight excluding hydrogens is 186 g/mol. The second kappa shape index (κ2) is 2.99. The van der Waals surface area contributed by atoms with Gasteiger partial charge in [-0.25, -0.2) is 0 Å². The summed E-state index contributed by atoms with van der Waals surface area (Å²) in [6.07, 6.45) is 3.53. The number of nitrogens with one attached hydrogen (secondary N) is 1. The average molecular weight is 201 g/mol. The Hall–Kier alpha value is -1.51. The van der Waals surface area contributed by atoms with E-state index in [2.05, 4.69) is 34.6 Å². The van der Waals surface area contributed by atoms with Gasteiger partial charge in [-0.05, 0) is 30.4 Å². The fraction of sp³-hybridized carbons (Fsp3) is 0.417. The van der Waals surface area contributed by atoms with E-state index >= 15 is 0 Å². The van der Waals surface area contributed by atoms with Crippen LogP contribution >= 0.6 is 0 Å². The molecule has 0 fully saturated rings. The Morgan fingerprint density at radius 2 is 2.20 bits per heavy atom. The van der Waals surface area contributed by atoms with E-state index in [0.717, 1.165) is 13.0 Å². The molecule has 1 aromatic carbocycles. The van der Waals surface area contributed by atoms with Crippen molar-refractivity contribution < 1.29 is 0 Å². The van der Waals surface area contributed by atoms with E-state index in [9.17, 15) is 0 Å². The first-order valence-electron chi connectivity index (χ1n) is 5.47. The quantitative estimate of drug-likeness (QED) is 0.661. The van der Waals surface area contributed by atoms with Gasteiger partial charge in [0.2, 0.25) is 0 Å². The number of hydrogen-bond donors (Lipinski definition) is 2. The van der Waals surface area contributed by atoms with Gasteiger partial charge in [0.1, 0.15) is 0 Å². The molecule has 15 heavy (non-hydrogen) atoms. The Morgan fingerprint density at radius 1 is 1.33 bits per heavy atom. The molecule has 1 aliphatic carbocycles. The Kier molecular flexibility index (Phi) is 1.75. The van der Waals surface area contributed by atoms with E-state index in [-0.39, 0.29) is 5.54 Å². The number of nitrogens with zero attached hydrogens (tertiary/aromatic N) is 1. The number of benzene rings is 1. The van der Waals surface area contributed by atoms with Crippen molar-refractivity contribution in [3.8, 4) is 0 Å². The molecule has 3 rings (SSSR count). The molecule has 0 bridgehead atoms. The summed E-state index contributed by atoms with van der Waals surface area (Å²) in [5.74, 6) is 0.590. The zero-order valence-corrected chi connectivity index (χ0v) is 8.66. The number of aryl methyl sites for hydroxylation is 1. The van der Waals surface area contributed by atoms with Crippen LogP contribution in [0.25, 0.3) is 0 Å². The highest BCUT2D eigenvalue weighted by Gasteiger charge is 2.39. The largest absolute Gasteiger partial charge is 0.370 e. The second-order valence-electron chi connectivity index (χ2n) is 4.42. The molecule has 0 saturated heterocycles. The maximum Gasteiger partial charge on any atom is 0.189 e. The highest BCUT2D eigenvalue weighted by Crippen LogP contribution is 2.37. The van der Waals surface area contributed by atoms with Crippen LogP contribution in [-0.4, -0.2) is 12.5 Å². The molecule has 78 valence electrons. The van der Waals surface area contributed by atoms with E-state index in [4.69, 9.17) is 5.73 Å². The fourth-order valence-corrected chi connectivity index (χ4v) is 2.76. The van der Waals surface area contributed by atoms with Crippen molar-refractivity contribution in [1.29, 1.82) is 0 Å². The second-order valence-corrected chi connectivity index (χ2v) is 4.42. The predicted molar refractivity (Wildman–Crippen MR) is 60.7 cm³/mol. The normalized spacial score (nSPS) is 28.4. The summed E-state index contributed by atoms with van der Waals surface area (Å²) in [5, 5.41) is 3.35. The third-order valence-electron chi connectivity index (χ3n) is 3.47. The van der Waals surface area contributed by atoms with Gasteiger partial charge in [0.15, 0.2) is 5.96 Å². The molecule has 0 amide bonds. The van der Waals surface area contributed by atoms with Crippen LogP contribution in [0.4, 0.5) is 0 Å². The molecule has 1 heterocycles. The zero-order chi connectivity index (χ0) is 10.3. The number of hydrogen-bond acceptors (Lipinski definition) is 3. The van der Waals surface area contributed by atoms with Crippen LogP contribution in [0.5, 0.6) is 0 Å². The number of guanidine groups is 1. The van der Waals surface area contributed by atoms with Crippen LogP contribution in [0.1, 0.15) is 24.0 Å². The third kappa shape index (κ3) is 1.23. The number of fused-ring (bicyclic) bond motifs is 2. The fourth-order valence-electron chi connectivity index (χ4n) is 2.76. The lowest BCUT2D eigenvalue weighted by atomic mass is 9.77. The van der Waals surface area contributed by atoms with Crippen LogP contribution in [0.3, 0.4) is 0 Å². The molecule has 0 aromatic heterocycles. The minimum Gasteiger partial charge on any atom is -0.370 e. The molecule has 1 aliphatic heterocycles. The molecule has 1 spiro atoms. The highest BCUT2D eigenvalue weighted by molar-refractivity contribution is 5.81. The van der Waals surface area contributed by atoms with Gasteiger partial charge in [0.25, 0.3) is 0 Å². The minimum atomic E-state index is -0.00106. The lowest BCUT2D eigenvalue weighted by molar-refractivity contribution is 0.361. The summed E-state index contributed by atoms with van der Waals surface area (Å²) in [6, 6.07) is 8.63. The maximum atomic E-state index is 5.74. The standard InChI is InChI=1S/C12H15N3/c13-11-14-8-12(15-11)7-3-5-9-4-1-2-6-10(9)12/h1-2,4,6H,3,5,7-8H2,(H3,13,14,15). The molecule has 0 saturated carbocycles. The van der Waals surface area contributed by atoms with Gasteiger partial charge >= 0.3 is 0 Å². The van der Waals surface area contributed by atoms with Gasteiger partial charge in [-0.1, -0.05) is 24.3 Å². The molecule has 0 radical (unpaired) electrons. The highest BCUT2D eigenvalue weighted by atomic mass is 15.2. The van der Waals surface area contributed by atoms with Gasteiger partial charge in [-0.15, -0.1) is 0 Å². The smallest absolute Gasteiger partial charge is 0.189 e. The summed E-state index contributed by atoms with van der Waals surface area (Å²) in [7, 11) is 0. The Morgan fingerprint density at radius 3 is 3.00 bits per heavy atom. The monoisotopic (exact) mass is 201 g/mol. The molecule has 2 aliphatic rings. The summed E-state index contributed by atoms with van der Waals surface area (Å²) in [6.45, 7) is 0.788. The molecule has 3 nitrogen and oxygen atoms in total. The van der Waals surface area contributed by atoms with E-state index < -0.39 is 0 Å². The lowest BCUT2D eigenvalue weighted by Gasteiger charge is -2.35. The molecular formula is C12H15N3. The van der Waals surface area contributed by atoms with E-state index in [1.165, 1.54) is 24.0 Å². The molecule has 1 unspecified atom stereocenters. The Labute approximate surface area is 89.4 Å². The van der Waals surface area contributed by atoms with Crippen molar-refractivity contribution >= 4 is 5.96 Å². The van der Waals surface area contributed by atoms with Crippen molar-refractivity contribution in [1.82, 2.24) is 5.32 Å². The minimum absolute atomic E-state index is 0.00106. The van der Waals surface area contributed by atoms with Crippen molar-refractivity contribution in [2.75, 3.05) is 6.54 Å². The van der Waals surface area contributed by atoms with Crippen LogP contribution < -0.4 is 11.1 Å². The van der Waals surface area contributed by atoms with Gasteiger partial charge in [0.05, 0.1) is 12.1 Å². The van der Waals surface area contributed by atoms with E-state index in [0.29, 0.717) is 5.96 Å². The summed E-state index contributed by atoms with van der Waals surface area (Å²) >= 11 is 0. The molecule has 3 heteroatoms. The summed E-state index contributed by atoms with van der Waals surface area (Å²) in [4.78, 5) is 4.30. The molecule has 3 N–H and O–H groups in total. The van der Waals surface area contributed by atoms with Crippen LogP contribution in [0, 0.1) is 0 Å². The van der Waals surface area contributed by atoms with Gasteiger partial charge in [0, 0.05) is 0 Å². The van der Waals surface area contributed by atoms with Crippen molar-refractivity contribution in [3.63, 3.8) is 0 Å². The van der Waals surface area contributed by atoms with Crippen LogP contribution in [0.2, 0.25) is 0 Å². The van der Waals surface area contributed by atoms with Crippen molar-refractivity contribution in [2.45, 2.75) is 24.8 Å². The number of aliphatic imine (C=N–C) groups is 1. The lowest BCUT2D eigenvalue weighted by Crippen LogP contribution is -2.47. The molecule has 1 aromatic rings. The summed E-state index contributed by atoms with van der Waals surface area (Å²) in [5.41, 5.74) is 8.57. The van der Waals surface area contributed by atoms with Crippen LogP contribution in [-0.2, 0) is 12.0 Å². The van der Waals surface area contributed by atoms with Crippen molar-refractivity contribution in [2.24, 2.45) is 10.7 Å². The third-order valence-corrected chi connectivity index (χ3v) is 3.47. The first-order valence-corrected chi connectivity index (χ1v) is 5.47. The SMILES string of the molecule is NC1=NCC2(CCCc3ccccc32)N1. The van der Waals surface area contributed by atoms with Crippen molar-refractivity contribution in [3.05, 3.63) is 35.4 Å². The first-order chi connectivity index (χ1) is 7.30. The number of nitrogens with two attached hydrogens (primary N) is 1. The van der Waals surface area contributed by atoms with E-state index in [1.54, 1.807) is 0 Å². The Balaban J connectivity index is 2.07. The average Bonchev–Trinajstić information content (AvgIpc) is 2.62. The predicted octanol–water partition coefficient (Wildman–Crippen LogP) is 1.14. The zero-order valence-electron chi connectivity index (χ0n) is 8.66. The number of rotatable bonds is 0. The van der Waals surface area contributed by atoms with E-state index in [1.807, 2.05) is 0 Å². The Bertz CT molecular complexity index is 425. The first kappa shape index (κ1) is 8.77. The topological polar surface area (TPSA) is 50.4 Å². The summed E-state index contributed by atoms with van der Waals surface area (Å²) < 4.78 is 0. The van der Waals surface area contributed by atoms with Gasteiger partial charge in [-0.3, -0.25) is 4.99 Å².